The SMILES string of the molecule is O=C(Cc1ccccc1)ON=Cc1ccccc1. The first kappa shape index (κ1) is 12.0. The average Bonchev–Trinajstić information content (AvgIpc) is 2.41. The van der Waals surface area contributed by atoms with Gasteiger partial charge in [-0.3, -0.25) is 0 Å². The lowest BCUT2D eigenvalue weighted by atomic mass is 10.2. The highest BCUT2D eigenvalue weighted by atomic mass is 16.7. The molecule has 0 fully saturated rings. The number of oxime groups is 1. The van der Waals surface area contributed by atoms with Crippen LogP contribution >= 0.6 is 0 Å². The number of hydrogen-bond donors (Lipinski definition) is 0. The Kier molecular flexibility index (Phi) is 4.25. The molecule has 2 aromatic carbocycles. The first-order valence-electron chi connectivity index (χ1n) is 5.67. The third-order valence-corrected chi connectivity index (χ3v) is 2.35. The fourth-order valence-electron chi connectivity index (χ4n) is 1.48. The summed E-state index contributed by atoms with van der Waals surface area (Å²) in [5.41, 5.74) is 1.81. The highest BCUT2D eigenvalue weighted by Gasteiger charge is 2.03. The van der Waals surface area contributed by atoms with Gasteiger partial charge in [-0.1, -0.05) is 65.8 Å². The second-order valence-corrected chi connectivity index (χ2v) is 3.77. The Morgan fingerprint density at radius 1 is 1.00 bits per heavy atom. The minimum atomic E-state index is -0.367. The predicted octanol–water partition coefficient (Wildman–Crippen LogP) is 2.81. The molecule has 0 aliphatic carbocycles. The van der Waals surface area contributed by atoms with Crippen LogP contribution in [0.25, 0.3) is 0 Å². The molecule has 0 heterocycles. The van der Waals surface area contributed by atoms with Crippen LogP contribution in [0.1, 0.15) is 11.1 Å². The molecule has 0 N–H and O–H groups in total. The van der Waals surface area contributed by atoms with Crippen molar-refractivity contribution in [1.29, 1.82) is 0 Å². The van der Waals surface area contributed by atoms with E-state index in [1.807, 2.05) is 60.7 Å². The second-order valence-electron chi connectivity index (χ2n) is 3.77. The van der Waals surface area contributed by atoms with Gasteiger partial charge < -0.3 is 4.84 Å². The van der Waals surface area contributed by atoms with Gasteiger partial charge in [0.05, 0.1) is 12.6 Å². The summed E-state index contributed by atoms with van der Waals surface area (Å²) in [5.74, 6) is -0.367. The van der Waals surface area contributed by atoms with Gasteiger partial charge >= 0.3 is 5.97 Å². The number of nitrogens with zero attached hydrogens (tertiary/aromatic N) is 1. The predicted molar refractivity (Wildman–Crippen MR) is 70.3 cm³/mol. The zero-order valence-electron chi connectivity index (χ0n) is 9.82. The maximum absolute atomic E-state index is 11.5. The minimum absolute atomic E-state index is 0.229. The summed E-state index contributed by atoms with van der Waals surface area (Å²) in [7, 11) is 0. The van der Waals surface area contributed by atoms with Crippen molar-refractivity contribution >= 4 is 12.2 Å². The lowest BCUT2D eigenvalue weighted by Crippen LogP contribution is -2.04. The van der Waals surface area contributed by atoms with Gasteiger partial charge in [-0.05, 0) is 11.1 Å². The van der Waals surface area contributed by atoms with Crippen LogP contribution < -0.4 is 0 Å². The maximum Gasteiger partial charge on any atom is 0.339 e. The Balaban J connectivity index is 1.84. The molecule has 0 atom stereocenters. The maximum atomic E-state index is 11.5. The van der Waals surface area contributed by atoms with Gasteiger partial charge in [0.25, 0.3) is 0 Å². The van der Waals surface area contributed by atoms with Crippen molar-refractivity contribution in [3.8, 4) is 0 Å². The largest absolute Gasteiger partial charge is 0.339 e. The molecular formula is C15H13NO2. The topological polar surface area (TPSA) is 38.7 Å². The average molecular weight is 239 g/mol. The number of hydrogen-bond acceptors (Lipinski definition) is 3. The van der Waals surface area contributed by atoms with Gasteiger partial charge in [-0.15, -0.1) is 0 Å². The van der Waals surface area contributed by atoms with E-state index in [2.05, 4.69) is 5.16 Å². The fraction of sp³-hybridized carbons (Fsp3) is 0.0667. The highest BCUT2D eigenvalue weighted by Crippen LogP contribution is 2.01. The van der Waals surface area contributed by atoms with Crippen LogP contribution in [-0.2, 0) is 16.1 Å². The Morgan fingerprint density at radius 3 is 2.28 bits per heavy atom. The van der Waals surface area contributed by atoms with E-state index < -0.39 is 0 Å². The van der Waals surface area contributed by atoms with Crippen molar-refractivity contribution in [1.82, 2.24) is 0 Å². The molecule has 90 valence electrons. The molecule has 2 rings (SSSR count). The Bertz CT molecular complexity index is 521. The van der Waals surface area contributed by atoms with E-state index in [1.165, 1.54) is 6.21 Å². The Labute approximate surface area is 106 Å². The standard InChI is InChI=1S/C15H13NO2/c17-15(11-13-7-3-1-4-8-13)18-16-12-14-9-5-2-6-10-14/h1-10,12H,11H2. The zero-order chi connectivity index (χ0) is 12.6. The van der Waals surface area contributed by atoms with E-state index in [9.17, 15) is 4.79 Å². The van der Waals surface area contributed by atoms with Crippen LogP contribution in [0.15, 0.2) is 65.8 Å². The molecule has 2 aromatic rings. The Morgan fingerprint density at radius 2 is 1.61 bits per heavy atom. The van der Waals surface area contributed by atoms with E-state index in [-0.39, 0.29) is 12.4 Å². The summed E-state index contributed by atoms with van der Waals surface area (Å²) < 4.78 is 0. The van der Waals surface area contributed by atoms with Gasteiger partial charge in [-0.25, -0.2) is 4.79 Å². The van der Waals surface area contributed by atoms with Gasteiger partial charge in [-0.2, -0.15) is 0 Å². The molecule has 3 heteroatoms. The van der Waals surface area contributed by atoms with E-state index in [4.69, 9.17) is 4.84 Å². The van der Waals surface area contributed by atoms with E-state index in [0.717, 1.165) is 11.1 Å². The van der Waals surface area contributed by atoms with Crippen molar-refractivity contribution in [2.45, 2.75) is 6.42 Å². The number of benzene rings is 2. The number of rotatable bonds is 4. The van der Waals surface area contributed by atoms with E-state index in [0.29, 0.717) is 0 Å². The monoisotopic (exact) mass is 239 g/mol. The summed E-state index contributed by atoms with van der Waals surface area (Å²) >= 11 is 0. The van der Waals surface area contributed by atoms with E-state index >= 15 is 0 Å². The lowest BCUT2D eigenvalue weighted by molar-refractivity contribution is -0.142. The van der Waals surface area contributed by atoms with Crippen LogP contribution in [0.2, 0.25) is 0 Å². The molecular weight excluding hydrogens is 226 g/mol. The molecule has 0 saturated carbocycles. The summed E-state index contributed by atoms with van der Waals surface area (Å²) in [6.07, 6.45) is 1.75. The summed E-state index contributed by atoms with van der Waals surface area (Å²) in [4.78, 5) is 16.2. The van der Waals surface area contributed by atoms with Crippen molar-refractivity contribution in [2.24, 2.45) is 5.16 Å². The van der Waals surface area contributed by atoms with Gasteiger partial charge in [0.1, 0.15) is 0 Å². The van der Waals surface area contributed by atoms with Crippen LogP contribution in [0.3, 0.4) is 0 Å². The molecule has 18 heavy (non-hydrogen) atoms. The molecule has 0 bridgehead atoms. The van der Waals surface area contributed by atoms with Crippen LogP contribution in [0.4, 0.5) is 0 Å². The molecule has 0 unspecified atom stereocenters. The van der Waals surface area contributed by atoms with Gasteiger partial charge in [0.15, 0.2) is 0 Å². The van der Waals surface area contributed by atoms with Gasteiger partial charge in [0.2, 0.25) is 0 Å². The summed E-state index contributed by atoms with van der Waals surface area (Å²) in [6.45, 7) is 0. The van der Waals surface area contributed by atoms with Crippen LogP contribution in [0.5, 0.6) is 0 Å². The third kappa shape index (κ3) is 3.87. The molecule has 3 nitrogen and oxygen atoms in total. The number of carbonyl (C=O) groups excluding carboxylic acids is 1. The van der Waals surface area contributed by atoms with Crippen molar-refractivity contribution in [2.75, 3.05) is 0 Å². The van der Waals surface area contributed by atoms with Crippen molar-refractivity contribution in [3.63, 3.8) is 0 Å². The van der Waals surface area contributed by atoms with Crippen LogP contribution in [-0.4, -0.2) is 12.2 Å². The number of carbonyl (C=O) groups is 1. The molecule has 0 amide bonds. The normalized spacial score (nSPS) is 10.4. The first-order chi connectivity index (χ1) is 8.84. The summed E-state index contributed by atoms with van der Waals surface area (Å²) in [6, 6.07) is 18.9. The zero-order valence-corrected chi connectivity index (χ0v) is 9.82. The molecule has 0 aromatic heterocycles. The first-order valence-corrected chi connectivity index (χ1v) is 5.67. The fourth-order valence-corrected chi connectivity index (χ4v) is 1.48. The second kappa shape index (κ2) is 6.35. The smallest absolute Gasteiger partial charge is 0.318 e. The Hall–Kier alpha value is -2.42. The molecule has 0 spiro atoms. The van der Waals surface area contributed by atoms with Crippen molar-refractivity contribution < 1.29 is 9.63 Å². The molecule has 0 aliphatic rings. The quantitative estimate of drug-likeness (QED) is 0.467. The van der Waals surface area contributed by atoms with E-state index in [1.54, 1.807) is 0 Å². The third-order valence-electron chi connectivity index (χ3n) is 2.35. The van der Waals surface area contributed by atoms with Crippen LogP contribution in [0, 0.1) is 0 Å². The molecule has 0 aliphatic heterocycles. The molecule has 0 radical (unpaired) electrons. The lowest BCUT2D eigenvalue weighted by Gasteiger charge is -1.98. The van der Waals surface area contributed by atoms with Gasteiger partial charge in [0, 0.05) is 0 Å². The minimum Gasteiger partial charge on any atom is -0.318 e. The summed E-state index contributed by atoms with van der Waals surface area (Å²) in [5, 5.41) is 3.66. The molecule has 0 saturated heterocycles. The highest BCUT2D eigenvalue weighted by molar-refractivity contribution is 5.80. The van der Waals surface area contributed by atoms with Crippen molar-refractivity contribution in [3.05, 3.63) is 71.8 Å².